The van der Waals surface area contributed by atoms with Crippen molar-refractivity contribution in [3.63, 3.8) is 0 Å². The van der Waals surface area contributed by atoms with Gasteiger partial charge in [-0.2, -0.15) is 0 Å². The van der Waals surface area contributed by atoms with E-state index in [1.807, 2.05) is 0 Å². The van der Waals surface area contributed by atoms with E-state index >= 15 is 0 Å². The average molecular weight is 269 g/mol. The number of benzene rings is 1. The first-order valence-corrected chi connectivity index (χ1v) is 7.63. The highest BCUT2D eigenvalue weighted by molar-refractivity contribution is 5.26. The van der Waals surface area contributed by atoms with Gasteiger partial charge in [0.2, 0.25) is 0 Å². The lowest BCUT2D eigenvalue weighted by Gasteiger charge is -2.42. The van der Waals surface area contributed by atoms with Gasteiger partial charge in [0.05, 0.1) is 5.69 Å². The minimum Gasteiger partial charge on any atom is -0.346 e. The van der Waals surface area contributed by atoms with Crippen molar-refractivity contribution in [1.29, 1.82) is 0 Å². The third kappa shape index (κ3) is 2.06. The van der Waals surface area contributed by atoms with Crippen LogP contribution in [0.25, 0.3) is 0 Å². The summed E-state index contributed by atoms with van der Waals surface area (Å²) in [6.07, 6.45) is 3.67. The van der Waals surface area contributed by atoms with E-state index in [1.165, 1.54) is 36.3 Å². The first-order chi connectivity index (χ1) is 9.79. The van der Waals surface area contributed by atoms with Crippen LogP contribution in [-0.4, -0.2) is 27.5 Å². The molecular weight excluding hydrogens is 246 g/mol. The van der Waals surface area contributed by atoms with E-state index in [4.69, 9.17) is 4.98 Å². The quantitative estimate of drug-likeness (QED) is 0.907. The number of aromatic nitrogens is 2. The fraction of sp³-hybridized carbons (Fsp3) is 0.471. The standard InChI is InChI=1S/C17H21N3.H2/c1-12-18-16-10-15-9-14(17(16)19-12)7-8-20(15)11-13-5-3-2-4-6-13;/h2-6,14-15H,7-11H2,1H3,(H,18,19);1H. The monoisotopic (exact) mass is 269 g/mol. The highest BCUT2D eigenvalue weighted by atomic mass is 15.2. The zero-order valence-corrected chi connectivity index (χ0v) is 12.0. The molecular formula is C17H23N3. The molecule has 1 N–H and O–H groups in total. The molecule has 1 aromatic carbocycles. The molecule has 0 spiro atoms. The molecule has 1 fully saturated rings. The number of rotatable bonds is 2. The summed E-state index contributed by atoms with van der Waals surface area (Å²) >= 11 is 0. The molecule has 2 aliphatic rings. The van der Waals surface area contributed by atoms with Crippen molar-refractivity contribution in [3.8, 4) is 0 Å². The Bertz CT molecular complexity index is 608. The van der Waals surface area contributed by atoms with Crippen molar-refractivity contribution < 1.29 is 1.43 Å². The minimum absolute atomic E-state index is 0. The van der Waals surface area contributed by atoms with E-state index in [0.29, 0.717) is 12.0 Å². The lowest BCUT2D eigenvalue weighted by molar-refractivity contribution is 0.115. The van der Waals surface area contributed by atoms with Gasteiger partial charge in [-0.25, -0.2) is 4.98 Å². The smallest absolute Gasteiger partial charge is 0.103 e. The maximum absolute atomic E-state index is 4.71. The first-order valence-electron chi connectivity index (χ1n) is 7.63. The van der Waals surface area contributed by atoms with E-state index in [0.717, 1.165) is 18.8 Å². The van der Waals surface area contributed by atoms with E-state index in [1.54, 1.807) is 0 Å². The summed E-state index contributed by atoms with van der Waals surface area (Å²) < 4.78 is 0. The second-order valence-electron chi connectivity index (χ2n) is 6.22. The third-order valence-corrected chi connectivity index (χ3v) is 4.82. The molecule has 1 aliphatic carbocycles. The minimum atomic E-state index is 0. The van der Waals surface area contributed by atoms with Crippen LogP contribution in [0.2, 0.25) is 0 Å². The van der Waals surface area contributed by atoms with E-state index < -0.39 is 0 Å². The number of piperidine rings is 1. The van der Waals surface area contributed by atoms with Crippen molar-refractivity contribution >= 4 is 0 Å². The molecule has 0 saturated carbocycles. The van der Waals surface area contributed by atoms with Gasteiger partial charge in [0, 0.05) is 32.0 Å². The van der Waals surface area contributed by atoms with Gasteiger partial charge in [-0.3, -0.25) is 4.90 Å². The molecule has 0 amide bonds. The molecule has 3 nitrogen and oxygen atoms in total. The summed E-state index contributed by atoms with van der Waals surface area (Å²) in [4.78, 5) is 10.8. The first kappa shape index (κ1) is 12.2. The zero-order chi connectivity index (χ0) is 13.5. The van der Waals surface area contributed by atoms with Crippen molar-refractivity contribution in [2.24, 2.45) is 0 Å². The second kappa shape index (κ2) is 4.74. The summed E-state index contributed by atoms with van der Waals surface area (Å²) in [5.74, 6) is 1.76. The largest absolute Gasteiger partial charge is 0.346 e. The van der Waals surface area contributed by atoms with Crippen molar-refractivity contribution in [2.75, 3.05) is 6.54 Å². The van der Waals surface area contributed by atoms with Gasteiger partial charge in [-0.15, -0.1) is 0 Å². The van der Waals surface area contributed by atoms with Gasteiger partial charge in [-0.1, -0.05) is 30.3 Å². The SMILES string of the molecule is Cc1nc2c([nH]1)CC1CC2CCN1Cc1ccccc1.[HH]. The number of hydrogen-bond acceptors (Lipinski definition) is 2. The van der Waals surface area contributed by atoms with Crippen LogP contribution < -0.4 is 0 Å². The van der Waals surface area contributed by atoms with E-state index in [9.17, 15) is 0 Å². The Morgan fingerprint density at radius 2 is 2.20 bits per heavy atom. The lowest BCUT2D eigenvalue weighted by Crippen LogP contribution is -2.45. The summed E-state index contributed by atoms with van der Waals surface area (Å²) in [6, 6.07) is 11.5. The number of nitrogens with zero attached hydrogens (tertiary/aromatic N) is 2. The Morgan fingerprint density at radius 1 is 1.35 bits per heavy atom. The number of likely N-dealkylation sites (tertiary alicyclic amines) is 1. The molecule has 2 unspecified atom stereocenters. The van der Waals surface area contributed by atoms with Gasteiger partial charge in [-0.05, 0) is 31.9 Å². The Hall–Kier alpha value is -1.61. The maximum Gasteiger partial charge on any atom is 0.103 e. The highest BCUT2D eigenvalue weighted by Gasteiger charge is 2.36. The number of fused-ring (bicyclic) bond motifs is 4. The summed E-state index contributed by atoms with van der Waals surface area (Å²) in [6.45, 7) is 4.36. The zero-order valence-electron chi connectivity index (χ0n) is 12.0. The van der Waals surface area contributed by atoms with E-state index in [-0.39, 0.29) is 1.43 Å². The number of hydrogen-bond donors (Lipinski definition) is 1. The molecule has 3 heteroatoms. The van der Waals surface area contributed by atoms with Crippen molar-refractivity contribution in [3.05, 3.63) is 53.1 Å². The van der Waals surface area contributed by atoms with Crippen LogP contribution >= 0.6 is 0 Å². The Morgan fingerprint density at radius 3 is 3.05 bits per heavy atom. The predicted octanol–water partition coefficient (Wildman–Crippen LogP) is 3.27. The Kier molecular flexibility index (Phi) is 2.88. The van der Waals surface area contributed by atoms with Gasteiger partial charge in [0.15, 0.2) is 0 Å². The van der Waals surface area contributed by atoms with Crippen LogP contribution in [0.15, 0.2) is 30.3 Å². The van der Waals surface area contributed by atoms with Crippen LogP contribution in [0.1, 0.15) is 43.0 Å². The van der Waals surface area contributed by atoms with Crippen LogP contribution in [0.5, 0.6) is 0 Å². The Labute approximate surface area is 121 Å². The van der Waals surface area contributed by atoms with Gasteiger partial charge >= 0.3 is 0 Å². The topological polar surface area (TPSA) is 31.9 Å². The Balaban J connectivity index is 0.00000132. The van der Waals surface area contributed by atoms with Gasteiger partial charge in [0.25, 0.3) is 0 Å². The summed E-state index contributed by atoms with van der Waals surface area (Å²) in [5.41, 5.74) is 4.18. The van der Waals surface area contributed by atoms with Crippen molar-refractivity contribution in [1.82, 2.24) is 14.9 Å². The fourth-order valence-electron chi connectivity index (χ4n) is 3.87. The lowest BCUT2D eigenvalue weighted by atomic mass is 9.80. The molecule has 0 radical (unpaired) electrons. The van der Waals surface area contributed by atoms with Gasteiger partial charge < -0.3 is 4.98 Å². The molecule has 4 rings (SSSR count). The molecule has 106 valence electrons. The second-order valence-corrected chi connectivity index (χ2v) is 6.22. The predicted molar refractivity (Wildman–Crippen MR) is 81.8 cm³/mol. The molecule has 2 aromatic rings. The molecule has 1 saturated heterocycles. The van der Waals surface area contributed by atoms with E-state index in [2.05, 4.69) is 47.1 Å². The number of H-pyrrole nitrogens is 1. The molecule has 1 aromatic heterocycles. The van der Waals surface area contributed by atoms with Crippen molar-refractivity contribution in [2.45, 2.75) is 44.7 Å². The molecule has 20 heavy (non-hydrogen) atoms. The number of aryl methyl sites for hydroxylation is 1. The van der Waals surface area contributed by atoms with Crippen LogP contribution in [0.3, 0.4) is 0 Å². The van der Waals surface area contributed by atoms with Crippen LogP contribution in [0.4, 0.5) is 0 Å². The molecule has 2 atom stereocenters. The molecule has 2 heterocycles. The highest BCUT2D eigenvalue weighted by Crippen LogP contribution is 2.39. The third-order valence-electron chi connectivity index (χ3n) is 4.82. The summed E-state index contributed by atoms with van der Waals surface area (Å²) in [5, 5.41) is 0. The van der Waals surface area contributed by atoms with Gasteiger partial charge in [0.1, 0.15) is 5.82 Å². The molecule has 1 aliphatic heterocycles. The molecule has 2 bridgehead atoms. The number of nitrogens with one attached hydrogen (secondary N) is 1. The van der Waals surface area contributed by atoms with Crippen LogP contribution in [-0.2, 0) is 13.0 Å². The summed E-state index contributed by atoms with van der Waals surface area (Å²) in [7, 11) is 0. The van der Waals surface area contributed by atoms with Crippen LogP contribution in [0, 0.1) is 6.92 Å². The normalized spacial score (nSPS) is 25.4. The number of aromatic amines is 1. The average Bonchev–Trinajstić information content (AvgIpc) is 2.84. The maximum atomic E-state index is 4.71. The fourth-order valence-corrected chi connectivity index (χ4v) is 3.87. The number of imidazole rings is 1.